The van der Waals surface area contributed by atoms with Gasteiger partial charge in [0.25, 0.3) is 0 Å². The molecular formula is C29H42N4O5. The number of imide groups is 1. The average molecular weight is 527 g/mol. The second-order valence-corrected chi connectivity index (χ2v) is 11.8. The van der Waals surface area contributed by atoms with Crippen molar-refractivity contribution in [3.63, 3.8) is 0 Å². The maximum absolute atomic E-state index is 12.6. The summed E-state index contributed by atoms with van der Waals surface area (Å²) in [6.45, 7) is 9.11. The molecule has 2 N–H and O–H groups in total. The lowest BCUT2D eigenvalue weighted by Gasteiger charge is -2.42. The van der Waals surface area contributed by atoms with Crippen LogP contribution in [0.25, 0.3) is 0 Å². The molecule has 3 heterocycles. The van der Waals surface area contributed by atoms with Crippen LogP contribution >= 0.6 is 0 Å². The van der Waals surface area contributed by atoms with Gasteiger partial charge in [0.2, 0.25) is 17.7 Å². The highest BCUT2D eigenvalue weighted by Gasteiger charge is 2.31. The first-order valence-electron chi connectivity index (χ1n) is 14.0. The van der Waals surface area contributed by atoms with E-state index in [9.17, 15) is 19.2 Å². The normalized spacial score (nSPS) is 22.2. The number of hydrogen-bond acceptors (Lipinski definition) is 7. The Balaban J connectivity index is 1.17. The van der Waals surface area contributed by atoms with Gasteiger partial charge < -0.3 is 19.9 Å². The molecular weight excluding hydrogens is 484 g/mol. The first-order valence-corrected chi connectivity index (χ1v) is 14.0. The Morgan fingerprint density at radius 1 is 0.947 bits per heavy atom. The van der Waals surface area contributed by atoms with Gasteiger partial charge in [0.05, 0.1) is 6.42 Å². The summed E-state index contributed by atoms with van der Waals surface area (Å²) in [7, 11) is 0. The first kappa shape index (κ1) is 28.1. The van der Waals surface area contributed by atoms with E-state index in [1.165, 1.54) is 5.56 Å². The van der Waals surface area contributed by atoms with Gasteiger partial charge in [0, 0.05) is 37.7 Å². The van der Waals surface area contributed by atoms with E-state index in [1.54, 1.807) is 0 Å². The van der Waals surface area contributed by atoms with Crippen LogP contribution in [0.3, 0.4) is 0 Å². The van der Waals surface area contributed by atoms with Crippen molar-refractivity contribution < 1.29 is 23.9 Å². The van der Waals surface area contributed by atoms with Crippen LogP contribution in [-0.2, 0) is 23.9 Å². The molecule has 3 aliphatic heterocycles. The molecule has 3 fully saturated rings. The van der Waals surface area contributed by atoms with Crippen molar-refractivity contribution in [2.24, 2.45) is 0 Å². The summed E-state index contributed by atoms with van der Waals surface area (Å²) >= 11 is 0. The molecule has 9 heteroatoms. The van der Waals surface area contributed by atoms with Gasteiger partial charge in [-0.15, -0.1) is 0 Å². The molecule has 1 atom stereocenters. The number of benzene rings is 1. The zero-order valence-electron chi connectivity index (χ0n) is 23.0. The van der Waals surface area contributed by atoms with E-state index >= 15 is 0 Å². The minimum atomic E-state index is -0.524. The molecule has 208 valence electrons. The molecule has 0 aliphatic carbocycles. The molecule has 0 aromatic heterocycles. The fourth-order valence-corrected chi connectivity index (χ4v) is 5.72. The third kappa shape index (κ3) is 7.79. The molecule has 0 radical (unpaired) electrons. The number of likely N-dealkylation sites (tertiary alicyclic amines) is 2. The van der Waals surface area contributed by atoms with Crippen LogP contribution in [0, 0.1) is 0 Å². The van der Waals surface area contributed by atoms with E-state index in [1.807, 2.05) is 37.8 Å². The van der Waals surface area contributed by atoms with Crippen LogP contribution in [0.5, 0.6) is 0 Å². The van der Waals surface area contributed by atoms with Crippen molar-refractivity contribution >= 4 is 29.4 Å². The van der Waals surface area contributed by atoms with Gasteiger partial charge in [-0.2, -0.15) is 0 Å². The lowest BCUT2D eigenvalue weighted by atomic mass is 9.88. The highest BCUT2D eigenvalue weighted by Crippen LogP contribution is 2.31. The van der Waals surface area contributed by atoms with Crippen molar-refractivity contribution in [3.8, 4) is 0 Å². The van der Waals surface area contributed by atoms with Crippen molar-refractivity contribution in [1.29, 1.82) is 0 Å². The third-order valence-corrected chi connectivity index (χ3v) is 7.79. The summed E-state index contributed by atoms with van der Waals surface area (Å²) in [6, 6.07) is 8.49. The SMILES string of the molecule is CC(C)(C)OC(=O)CCC(=O)N1CCC(N2CCC(c3ccc(NC4CCC(=O)NC4=O)cc3)CC2)CC1. The molecule has 9 nitrogen and oxygen atoms in total. The number of nitrogens with one attached hydrogen (secondary N) is 2. The van der Waals surface area contributed by atoms with Gasteiger partial charge in [-0.05, 0) is 89.6 Å². The zero-order chi connectivity index (χ0) is 27.3. The van der Waals surface area contributed by atoms with Crippen LogP contribution in [-0.4, -0.2) is 77.4 Å². The molecule has 0 saturated carbocycles. The van der Waals surface area contributed by atoms with E-state index in [2.05, 4.69) is 27.7 Å². The minimum Gasteiger partial charge on any atom is -0.460 e. The summed E-state index contributed by atoms with van der Waals surface area (Å²) < 4.78 is 5.31. The second-order valence-electron chi connectivity index (χ2n) is 11.8. The molecule has 3 saturated heterocycles. The number of nitrogens with zero attached hydrogens (tertiary/aromatic N) is 2. The molecule has 1 aromatic rings. The number of anilines is 1. The summed E-state index contributed by atoms with van der Waals surface area (Å²) in [6.07, 6.45) is 5.40. The summed E-state index contributed by atoms with van der Waals surface area (Å²) in [5.41, 5.74) is 1.70. The Morgan fingerprint density at radius 3 is 2.21 bits per heavy atom. The van der Waals surface area contributed by atoms with Gasteiger partial charge in [-0.25, -0.2) is 0 Å². The van der Waals surface area contributed by atoms with Crippen molar-refractivity contribution in [1.82, 2.24) is 15.1 Å². The van der Waals surface area contributed by atoms with E-state index in [0.717, 1.165) is 57.5 Å². The van der Waals surface area contributed by atoms with E-state index in [-0.39, 0.29) is 42.6 Å². The van der Waals surface area contributed by atoms with Crippen molar-refractivity contribution in [2.75, 3.05) is 31.5 Å². The Morgan fingerprint density at radius 2 is 1.61 bits per heavy atom. The maximum atomic E-state index is 12.6. The van der Waals surface area contributed by atoms with Gasteiger partial charge in [-0.1, -0.05) is 12.1 Å². The Kier molecular flexibility index (Phi) is 9.07. The number of esters is 1. The number of hydrogen-bond donors (Lipinski definition) is 2. The highest BCUT2D eigenvalue weighted by atomic mass is 16.6. The molecule has 4 rings (SSSR count). The molecule has 38 heavy (non-hydrogen) atoms. The lowest BCUT2D eigenvalue weighted by Crippen LogP contribution is -2.48. The fraction of sp³-hybridized carbons (Fsp3) is 0.655. The van der Waals surface area contributed by atoms with Crippen LogP contribution in [0.2, 0.25) is 0 Å². The van der Waals surface area contributed by atoms with Crippen molar-refractivity contribution in [2.45, 2.75) is 95.7 Å². The smallest absolute Gasteiger partial charge is 0.306 e. The number of ether oxygens (including phenoxy) is 1. The number of piperidine rings is 3. The van der Waals surface area contributed by atoms with Crippen LogP contribution in [0.4, 0.5) is 5.69 Å². The third-order valence-electron chi connectivity index (χ3n) is 7.79. The van der Waals surface area contributed by atoms with E-state index in [4.69, 9.17) is 4.74 Å². The first-order chi connectivity index (χ1) is 18.1. The standard InChI is InChI=1S/C29H42N4O5/c1-29(2,3)38-27(36)11-10-26(35)33-18-14-23(15-19-33)32-16-12-21(13-17-32)20-4-6-22(7-5-20)30-24-8-9-25(34)31-28(24)37/h4-7,21,23-24,30H,8-19H2,1-3H3,(H,31,34,37). The minimum absolute atomic E-state index is 0.0450. The summed E-state index contributed by atoms with van der Waals surface area (Å²) in [5, 5.41) is 5.63. The highest BCUT2D eigenvalue weighted by molar-refractivity contribution is 6.01. The average Bonchev–Trinajstić information content (AvgIpc) is 2.89. The molecule has 0 spiro atoms. The molecule has 3 amide bonds. The maximum Gasteiger partial charge on any atom is 0.306 e. The van der Waals surface area contributed by atoms with Crippen molar-refractivity contribution in [3.05, 3.63) is 29.8 Å². The predicted octanol–water partition coefficient (Wildman–Crippen LogP) is 3.20. The summed E-state index contributed by atoms with van der Waals surface area (Å²) in [5.74, 6) is -0.212. The monoisotopic (exact) mass is 526 g/mol. The lowest BCUT2D eigenvalue weighted by molar-refractivity contribution is -0.156. The topological polar surface area (TPSA) is 108 Å². The quantitative estimate of drug-likeness (QED) is 0.415. The number of carbonyl (C=O) groups is 4. The van der Waals surface area contributed by atoms with Gasteiger partial charge in [-0.3, -0.25) is 24.5 Å². The second kappa shape index (κ2) is 12.3. The molecule has 3 aliphatic rings. The fourth-order valence-electron chi connectivity index (χ4n) is 5.72. The van der Waals surface area contributed by atoms with Crippen LogP contribution in [0.15, 0.2) is 24.3 Å². The van der Waals surface area contributed by atoms with Gasteiger partial charge in [0.15, 0.2) is 0 Å². The largest absolute Gasteiger partial charge is 0.460 e. The molecule has 1 aromatic carbocycles. The Hall–Kier alpha value is -2.94. The van der Waals surface area contributed by atoms with Crippen LogP contribution < -0.4 is 10.6 Å². The zero-order valence-corrected chi connectivity index (χ0v) is 23.0. The van der Waals surface area contributed by atoms with Gasteiger partial charge in [0.1, 0.15) is 11.6 Å². The van der Waals surface area contributed by atoms with Gasteiger partial charge >= 0.3 is 5.97 Å². The van der Waals surface area contributed by atoms with E-state index in [0.29, 0.717) is 24.8 Å². The molecule has 0 bridgehead atoms. The number of carbonyl (C=O) groups excluding carboxylic acids is 4. The summed E-state index contributed by atoms with van der Waals surface area (Å²) in [4.78, 5) is 52.3. The number of amides is 3. The Bertz CT molecular complexity index is 1000. The van der Waals surface area contributed by atoms with E-state index < -0.39 is 5.60 Å². The Labute approximate surface area is 225 Å². The molecule has 1 unspecified atom stereocenters. The van der Waals surface area contributed by atoms with Crippen LogP contribution in [0.1, 0.15) is 83.6 Å². The number of rotatable bonds is 7. The predicted molar refractivity (Wildman–Crippen MR) is 144 cm³/mol.